The molecule has 0 fully saturated rings. The molecule has 0 aliphatic heterocycles. The molecule has 5 nitrogen and oxygen atoms in total. The summed E-state index contributed by atoms with van der Waals surface area (Å²) in [6, 6.07) is 4.74. The Morgan fingerprint density at radius 1 is 1.39 bits per heavy atom. The Hall–Kier alpha value is -1.91. The molecule has 1 amide bonds. The van der Waals surface area contributed by atoms with E-state index in [4.69, 9.17) is 0 Å². The van der Waals surface area contributed by atoms with Crippen LogP contribution in [0.3, 0.4) is 0 Å². The van der Waals surface area contributed by atoms with E-state index in [1.165, 1.54) is 6.07 Å². The van der Waals surface area contributed by atoms with Crippen molar-refractivity contribution in [2.45, 2.75) is 33.6 Å². The maximum atomic E-state index is 11.4. The molecule has 1 aromatic carbocycles. The number of benzene rings is 1. The lowest BCUT2D eigenvalue weighted by Gasteiger charge is -2.09. The average molecular weight is 249 g/mol. The summed E-state index contributed by atoms with van der Waals surface area (Å²) >= 11 is 0. The van der Waals surface area contributed by atoms with Gasteiger partial charge in [0.05, 0.1) is 4.92 Å². The van der Waals surface area contributed by atoms with Gasteiger partial charge >= 0.3 is 0 Å². The SMILES string of the molecule is CCCC(=O)Nc1ccc([C](C)C)c([N+](=O)[O-])c1. The first-order valence-corrected chi connectivity index (χ1v) is 5.84. The highest BCUT2D eigenvalue weighted by Crippen LogP contribution is 2.28. The van der Waals surface area contributed by atoms with Crippen molar-refractivity contribution in [2.75, 3.05) is 5.32 Å². The van der Waals surface area contributed by atoms with Crippen LogP contribution in [0.15, 0.2) is 18.2 Å². The molecule has 18 heavy (non-hydrogen) atoms. The Bertz CT molecular complexity index is 456. The second kappa shape index (κ2) is 6.14. The molecule has 0 saturated heterocycles. The number of amides is 1. The van der Waals surface area contributed by atoms with Crippen molar-refractivity contribution in [2.24, 2.45) is 0 Å². The molecular weight excluding hydrogens is 232 g/mol. The van der Waals surface area contributed by atoms with Crippen LogP contribution in [0.4, 0.5) is 11.4 Å². The highest BCUT2D eigenvalue weighted by atomic mass is 16.6. The molecule has 0 bridgehead atoms. The van der Waals surface area contributed by atoms with E-state index in [9.17, 15) is 14.9 Å². The van der Waals surface area contributed by atoms with Crippen LogP contribution in [0.1, 0.15) is 39.2 Å². The molecule has 5 heteroatoms. The summed E-state index contributed by atoms with van der Waals surface area (Å²) in [6.07, 6.45) is 1.16. The summed E-state index contributed by atoms with van der Waals surface area (Å²) in [6.45, 7) is 5.54. The molecule has 1 aromatic rings. The van der Waals surface area contributed by atoms with Crippen LogP contribution < -0.4 is 5.32 Å². The lowest BCUT2D eigenvalue weighted by Crippen LogP contribution is -2.11. The topological polar surface area (TPSA) is 72.2 Å². The smallest absolute Gasteiger partial charge is 0.275 e. The molecular formula is C13H17N2O3. The van der Waals surface area contributed by atoms with Gasteiger partial charge in [0.25, 0.3) is 5.69 Å². The minimum absolute atomic E-state index is 0.0179. The first-order valence-electron chi connectivity index (χ1n) is 5.84. The van der Waals surface area contributed by atoms with Gasteiger partial charge in [-0.2, -0.15) is 0 Å². The fraction of sp³-hybridized carbons (Fsp3) is 0.385. The Balaban J connectivity index is 3.00. The second-order valence-corrected chi connectivity index (χ2v) is 4.29. The summed E-state index contributed by atoms with van der Waals surface area (Å²) in [7, 11) is 0. The summed E-state index contributed by atoms with van der Waals surface area (Å²) in [5.74, 6) is 0.741. The van der Waals surface area contributed by atoms with Gasteiger partial charge in [0.1, 0.15) is 0 Å². The molecule has 0 aliphatic carbocycles. The van der Waals surface area contributed by atoms with Crippen molar-refractivity contribution in [3.8, 4) is 0 Å². The van der Waals surface area contributed by atoms with Crippen LogP contribution in [0.25, 0.3) is 0 Å². The summed E-state index contributed by atoms with van der Waals surface area (Å²) in [5.41, 5.74) is 1.07. The molecule has 0 unspecified atom stereocenters. The van der Waals surface area contributed by atoms with Crippen molar-refractivity contribution in [3.05, 3.63) is 39.8 Å². The molecule has 1 rings (SSSR count). The zero-order valence-electron chi connectivity index (χ0n) is 10.8. The maximum Gasteiger partial charge on any atom is 0.275 e. The van der Waals surface area contributed by atoms with E-state index in [2.05, 4.69) is 5.32 Å². The fourth-order valence-electron chi connectivity index (χ4n) is 1.63. The van der Waals surface area contributed by atoms with E-state index < -0.39 is 4.92 Å². The van der Waals surface area contributed by atoms with Crippen molar-refractivity contribution < 1.29 is 9.72 Å². The number of nitrogens with zero attached hydrogens (tertiary/aromatic N) is 1. The highest BCUT2D eigenvalue weighted by Gasteiger charge is 2.17. The van der Waals surface area contributed by atoms with Gasteiger partial charge in [0.2, 0.25) is 5.91 Å². The number of carbonyl (C=O) groups excluding carboxylic acids is 1. The van der Waals surface area contributed by atoms with Crippen molar-refractivity contribution >= 4 is 17.3 Å². The average Bonchev–Trinajstić information content (AvgIpc) is 2.28. The standard InChI is InChI=1S/C13H17N2O3/c1-4-5-13(16)14-10-6-7-11(9(2)3)12(8-10)15(17)18/h6-8H,4-5H2,1-3H3,(H,14,16). The summed E-state index contributed by atoms with van der Waals surface area (Å²) < 4.78 is 0. The van der Waals surface area contributed by atoms with Gasteiger partial charge in [-0.25, -0.2) is 0 Å². The lowest BCUT2D eigenvalue weighted by atomic mass is 10.0. The van der Waals surface area contributed by atoms with Crippen LogP contribution in [0, 0.1) is 16.0 Å². The quantitative estimate of drug-likeness (QED) is 0.642. The van der Waals surface area contributed by atoms with Crippen LogP contribution in [0.2, 0.25) is 0 Å². The van der Waals surface area contributed by atoms with Gasteiger partial charge < -0.3 is 5.32 Å². The largest absolute Gasteiger partial charge is 0.326 e. The molecule has 0 atom stereocenters. The van der Waals surface area contributed by atoms with Gasteiger partial charge in [0, 0.05) is 29.7 Å². The van der Waals surface area contributed by atoms with Gasteiger partial charge in [0.15, 0.2) is 0 Å². The molecule has 0 saturated carbocycles. The number of hydrogen-bond donors (Lipinski definition) is 1. The number of anilines is 1. The van der Waals surface area contributed by atoms with Crippen molar-refractivity contribution in [1.29, 1.82) is 0 Å². The zero-order valence-corrected chi connectivity index (χ0v) is 10.8. The third-order valence-corrected chi connectivity index (χ3v) is 2.49. The number of carbonyl (C=O) groups is 1. The number of nitrogens with one attached hydrogen (secondary N) is 1. The number of nitro groups is 1. The van der Waals surface area contributed by atoms with Gasteiger partial charge in [-0.05, 0) is 18.6 Å². The number of nitro benzene ring substituents is 1. The molecule has 0 spiro atoms. The first-order chi connectivity index (χ1) is 8.45. The van der Waals surface area contributed by atoms with Crippen LogP contribution in [-0.4, -0.2) is 10.8 Å². The molecule has 0 aliphatic rings. The van der Waals surface area contributed by atoms with Crippen LogP contribution in [-0.2, 0) is 4.79 Å². The van der Waals surface area contributed by atoms with Gasteiger partial charge in [-0.1, -0.05) is 20.8 Å². The van der Waals surface area contributed by atoms with Crippen LogP contribution in [0.5, 0.6) is 0 Å². The monoisotopic (exact) mass is 249 g/mol. The van der Waals surface area contributed by atoms with Gasteiger partial charge in [-0.15, -0.1) is 0 Å². The van der Waals surface area contributed by atoms with E-state index >= 15 is 0 Å². The van der Waals surface area contributed by atoms with Crippen molar-refractivity contribution in [1.82, 2.24) is 0 Å². The van der Waals surface area contributed by atoms with Crippen LogP contribution >= 0.6 is 0 Å². The molecule has 0 aromatic heterocycles. The van der Waals surface area contributed by atoms with E-state index in [0.717, 1.165) is 12.3 Å². The van der Waals surface area contributed by atoms with E-state index in [0.29, 0.717) is 17.7 Å². The predicted octanol–water partition coefficient (Wildman–Crippen LogP) is 3.30. The molecule has 1 N–H and O–H groups in total. The predicted molar refractivity (Wildman–Crippen MR) is 70.3 cm³/mol. The lowest BCUT2D eigenvalue weighted by molar-refractivity contribution is -0.385. The highest BCUT2D eigenvalue weighted by molar-refractivity contribution is 5.91. The molecule has 0 heterocycles. The van der Waals surface area contributed by atoms with E-state index in [-0.39, 0.29) is 11.6 Å². The fourth-order valence-corrected chi connectivity index (χ4v) is 1.63. The second-order valence-electron chi connectivity index (χ2n) is 4.29. The normalized spacial score (nSPS) is 10.4. The molecule has 1 radical (unpaired) electrons. The summed E-state index contributed by atoms with van der Waals surface area (Å²) in [4.78, 5) is 22.0. The third-order valence-electron chi connectivity index (χ3n) is 2.49. The number of hydrogen-bond acceptors (Lipinski definition) is 3. The third kappa shape index (κ3) is 3.55. The molecule has 97 valence electrons. The first kappa shape index (κ1) is 14.2. The Kier molecular flexibility index (Phi) is 4.83. The zero-order chi connectivity index (χ0) is 13.7. The maximum absolute atomic E-state index is 11.4. The van der Waals surface area contributed by atoms with E-state index in [1.54, 1.807) is 12.1 Å². The minimum Gasteiger partial charge on any atom is -0.326 e. The minimum atomic E-state index is -0.433. The Morgan fingerprint density at radius 2 is 2.06 bits per heavy atom. The number of rotatable bonds is 5. The summed E-state index contributed by atoms with van der Waals surface area (Å²) in [5, 5.41) is 13.6. The Morgan fingerprint density at radius 3 is 2.56 bits per heavy atom. The Labute approximate surface area is 106 Å². The van der Waals surface area contributed by atoms with E-state index in [1.807, 2.05) is 20.8 Å². The van der Waals surface area contributed by atoms with Gasteiger partial charge in [-0.3, -0.25) is 14.9 Å². The van der Waals surface area contributed by atoms with Crippen molar-refractivity contribution in [3.63, 3.8) is 0 Å².